The lowest BCUT2D eigenvalue weighted by Gasteiger charge is -2.37. The molecule has 28 heavy (non-hydrogen) atoms. The topological polar surface area (TPSA) is 55.9 Å². The fourth-order valence-corrected chi connectivity index (χ4v) is 4.18. The zero-order valence-electron chi connectivity index (χ0n) is 17.3. The highest BCUT2D eigenvalue weighted by atomic mass is 16.2. The first-order valence-corrected chi connectivity index (χ1v) is 10.6. The summed E-state index contributed by atoms with van der Waals surface area (Å²) in [7, 11) is 3.48. The first-order valence-electron chi connectivity index (χ1n) is 10.6. The molecule has 0 spiro atoms. The maximum Gasteiger partial charge on any atom is 0.317 e. The van der Waals surface area contributed by atoms with E-state index in [4.69, 9.17) is 0 Å². The SMILES string of the molecule is CN(C)C(=O)c1ccc(CNC(=O)N2CCN(CC3CCCCC3)CC2)cc1. The van der Waals surface area contributed by atoms with Crippen molar-refractivity contribution in [2.45, 2.75) is 38.6 Å². The second-order valence-corrected chi connectivity index (χ2v) is 8.35. The summed E-state index contributed by atoms with van der Waals surface area (Å²) in [4.78, 5) is 30.4. The van der Waals surface area contributed by atoms with Crippen molar-refractivity contribution in [2.75, 3.05) is 46.8 Å². The third kappa shape index (κ3) is 5.71. The molecule has 1 aliphatic heterocycles. The predicted molar refractivity (Wildman–Crippen MR) is 111 cm³/mol. The van der Waals surface area contributed by atoms with Crippen LogP contribution in [0.25, 0.3) is 0 Å². The molecule has 6 nitrogen and oxygen atoms in total. The predicted octanol–water partition coefficient (Wildman–Crippen LogP) is 2.80. The molecule has 2 fully saturated rings. The van der Waals surface area contributed by atoms with E-state index in [9.17, 15) is 9.59 Å². The molecule has 6 heteroatoms. The minimum Gasteiger partial charge on any atom is -0.345 e. The fourth-order valence-electron chi connectivity index (χ4n) is 4.18. The van der Waals surface area contributed by atoms with Gasteiger partial charge in [-0.3, -0.25) is 9.69 Å². The largest absolute Gasteiger partial charge is 0.345 e. The fraction of sp³-hybridized carbons (Fsp3) is 0.636. The van der Waals surface area contributed by atoms with Gasteiger partial charge in [-0.1, -0.05) is 31.4 Å². The second kappa shape index (κ2) is 9.92. The molecule has 3 amide bonds. The monoisotopic (exact) mass is 386 g/mol. The van der Waals surface area contributed by atoms with Gasteiger partial charge in [0.2, 0.25) is 0 Å². The van der Waals surface area contributed by atoms with Crippen molar-refractivity contribution in [3.8, 4) is 0 Å². The zero-order valence-corrected chi connectivity index (χ0v) is 17.3. The summed E-state index contributed by atoms with van der Waals surface area (Å²) in [5.74, 6) is 0.846. The Hall–Kier alpha value is -2.08. The van der Waals surface area contributed by atoms with E-state index >= 15 is 0 Å². The van der Waals surface area contributed by atoms with Crippen LogP contribution in [0.4, 0.5) is 4.79 Å². The molecule has 154 valence electrons. The molecule has 3 rings (SSSR count). The molecule has 1 N–H and O–H groups in total. The average molecular weight is 387 g/mol. The van der Waals surface area contributed by atoms with E-state index < -0.39 is 0 Å². The molecule has 0 radical (unpaired) electrons. The molecule has 1 aliphatic carbocycles. The van der Waals surface area contributed by atoms with Gasteiger partial charge in [0, 0.05) is 58.9 Å². The number of nitrogens with one attached hydrogen (secondary N) is 1. The maximum atomic E-state index is 12.5. The third-order valence-corrected chi connectivity index (χ3v) is 5.95. The van der Waals surface area contributed by atoms with Crippen molar-refractivity contribution in [2.24, 2.45) is 5.92 Å². The lowest BCUT2D eigenvalue weighted by atomic mass is 9.89. The minimum atomic E-state index is -0.0123. The Morgan fingerprint density at radius 2 is 1.64 bits per heavy atom. The molecular weight excluding hydrogens is 352 g/mol. The number of piperazine rings is 1. The quantitative estimate of drug-likeness (QED) is 0.847. The molecular formula is C22H34N4O2. The summed E-state index contributed by atoms with van der Waals surface area (Å²) in [5.41, 5.74) is 1.66. The minimum absolute atomic E-state index is 0.00533. The van der Waals surface area contributed by atoms with Gasteiger partial charge in [-0.05, 0) is 36.5 Å². The number of amides is 3. The van der Waals surface area contributed by atoms with Gasteiger partial charge < -0.3 is 15.1 Å². The Morgan fingerprint density at radius 1 is 1.00 bits per heavy atom. The summed E-state index contributed by atoms with van der Waals surface area (Å²) in [6.45, 7) is 5.24. The lowest BCUT2D eigenvalue weighted by molar-refractivity contribution is 0.0827. The van der Waals surface area contributed by atoms with Crippen LogP contribution in [0.2, 0.25) is 0 Å². The molecule has 0 bridgehead atoms. The summed E-state index contributed by atoms with van der Waals surface area (Å²) in [6.07, 6.45) is 6.92. The van der Waals surface area contributed by atoms with Crippen molar-refractivity contribution in [1.29, 1.82) is 0 Å². The van der Waals surface area contributed by atoms with Crippen molar-refractivity contribution < 1.29 is 9.59 Å². The van der Waals surface area contributed by atoms with Gasteiger partial charge in [0.25, 0.3) is 5.91 Å². The Balaban J connectivity index is 1.39. The van der Waals surface area contributed by atoms with Gasteiger partial charge in [0.05, 0.1) is 0 Å². The molecule has 0 aromatic heterocycles. The van der Waals surface area contributed by atoms with E-state index in [-0.39, 0.29) is 11.9 Å². The van der Waals surface area contributed by atoms with Gasteiger partial charge in [0.1, 0.15) is 0 Å². The van der Waals surface area contributed by atoms with Crippen LogP contribution < -0.4 is 5.32 Å². The molecule has 2 aliphatic rings. The first-order chi connectivity index (χ1) is 13.5. The molecule has 1 aromatic carbocycles. The number of benzene rings is 1. The second-order valence-electron chi connectivity index (χ2n) is 8.35. The molecule has 1 saturated carbocycles. The van der Waals surface area contributed by atoms with Gasteiger partial charge in [-0.2, -0.15) is 0 Å². The summed E-state index contributed by atoms with van der Waals surface area (Å²) < 4.78 is 0. The van der Waals surface area contributed by atoms with Crippen molar-refractivity contribution in [3.63, 3.8) is 0 Å². The van der Waals surface area contributed by atoms with Gasteiger partial charge in [0.15, 0.2) is 0 Å². The van der Waals surface area contributed by atoms with Crippen LogP contribution in [-0.4, -0.2) is 73.5 Å². The first kappa shape index (κ1) is 20.6. The van der Waals surface area contributed by atoms with E-state index in [1.165, 1.54) is 38.6 Å². The summed E-state index contributed by atoms with van der Waals surface area (Å²) in [5, 5.41) is 3.01. The van der Waals surface area contributed by atoms with E-state index in [0.717, 1.165) is 37.7 Å². The summed E-state index contributed by atoms with van der Waals surface area (Å²) in [6, 6.07) is 7.44. The highest BCUT2D eigenvalue weighted by molar-refractivity contribution is 5.93. The molecule has 1 aromatic rings. The van der Waals surface area contributed by atoms with Crippen LogP contribution in [0.15, 0.2) is 24.3 Å². The van der Waals surface area contributed by atoms with Crippen molar-refractivity contribution in [1.82, 2.24) is 20.0 Å². The van der Waals surface area contributed by atoms with Crippen LogP contribution in [-0.2, 0) is 6.54 Å². The number of carbonyl (C=O) groups is 2. The molecule has 0 unspecified atom stereocenters. The Kier molecular flexibility index (Phi) is 7.31. The molecule has 1 saturated heterocycles. The third-order valence-electron chi connectivity index (χ3n) is 5.95. The van der Waals surface area contributed by atoms with Crippen LogP contribution in [0, 0.1) is 5.92 Å². The summed E-state index contributed by atoms with van der Waals surface area (Å²) >= 11 is 0. The number of hydrogen-bond acceptors (Lipinski definition) is 3. The number of hydrogen-bond donors (Lipinski definition) is 1. The van der Waals surface area contributed by atoms with Crippen LogP contribution in [0.5, 0.6) is 0 Å². The number of urea groups is 1. The lowest BCUT2D eigenvalue weighted by Crippen LogP contribution is -2.52. The highest BCUT2D eigenvalue weighted by Crippen LogP contribution is 2.24. The smallest absolute Gasteiger partial charge is 0.317 e. The van der Waals surface area contributed by atoms with Crippen LogP contribution in [0.3, 0.4) is 0 Å². The van der Waals surface area contributed by atoms with Gasteiger partial charge >= 0.3 is 6.03 Å². The molecule has 1 heterocycles. The van der Waals surface area contributed by atoms with E-state index in [1.807, 2.05) is 29.2 Å². The highest BCUT2D eigenvalue weighted by Gasteiger charge is 2.23. The van der Waals surface area contributed by atoms with Crippen molar-refractivity contribution in [3.05, 3.63) is 35.4 Å². The van der Waals surface area contributed by atoms with E-state index in [1.54, 1.807) is 19.0 Å². The van der Waals surface area contributed by atoms with Gasteiger partial charge in [-0.15, -0.1) is 0 Å². The standard InChI is InChI=1S/C22H34N4O2/c1-24(2)21(27)20-10-8-18(9-11-20)16-23-22(28)26-14-12-25(13-15-26)17-19-6-4-3-5-7-19/h8-11,19H,3-7,12-17H2,1-2H3,(H,23,28). The zero-order chi connectivity index (χ0) is 19.9. The molecule has 0 atom stereocenters. The van der Waals surface area contributed by atoms with Gasteiger partial charge in [-0.25, -0.2) is 4.79 Å². The average Bonchev–Trinajstić information content (AvgIpc) is 2.73. The normalized spacial score (nSPS) is 18.7. The Bertz CT molecular complexity index is 645. The van der Waals surface area contributed by atoms with E-state index in [2.05, 4.69) is 10.2 Å². The van der Waals surface area contributed by atoms with Crippen LogP contribution >= 0.6 is 0 Å². The maximum absolute atomic E-state index is 12.5. The Labute approximate surface area is 168 Å². The number of rotatable bonds is 5. The Morgan fingerprint density at radius 3 is 2.25 bits per heavy atom. The number of nitrogens with zero attached hydrogens (tertiary/aromatic N) is 3. The van der Waals surface area contributed by atoms with E-state index in [0.29, 0.717) is 12.1 Å². The van der Waals surface area contributed by atoms with Crippen molar-refractivity contribution >= 4 is 11.9 Å². The van der Waals surface area contributed by atoms with Crippen LogP contribution in [0.1, 0.15) is 48.0 Å². The number of carbonyl (C=O) groups excluding carboxylic acids is 2.